The van der Waals surface area contributed by atoms with Crippen LogP contribution < -0.4 is 0 Å². The minimum absolute atomic E-state index is 0.312. The lowest BCUT2D eigenvalue weighted by Crippen LogP contribution is -2.14. The van der Waals surface area contributed by atoms with Crippen molar-refractivity contribution in [2.24, 2.45) is 0 Å². The third kappa shape index (κ3) is 4.04. The summed E-state index contributed by atoms with van der Waals surface area (Å²) in [6.45, 7) is 0. The molecule has 0 radical (unpaired) electrons. The highest BCUT2D eigenvalue weighted by atomic mass is 16.5. The molecule has 0 spiro atoms. The predicted octanol–water partition coefficient (Wildman–Crippen LogP) is 4.22. The molecule has 114 valence electrons. The van der Waals surface area contributed by atoms with Crippen LogP contribution >= 0.6 is 0 Å². The number of pyridine rings is 1. The Bertz CT molecular complexity index is 742. The maximum Gasteiger partial charge on any atom is 0.338 e. The van der Waals surface area contributed by atoms with Crippen LogP contribution in [0.15, 0.2) is 85.2 Å². The molecule has 0 aliphatic heterocycles. The highest BCUT2D eigenvalue weighted by Crippen LogP contribution is 2.23. The number of rotatable bonds is 5. The van der Waals surface area contributed by atoms with Crippen LogP contribution in [0.1, 0.15) is 27.6 Å². The number of esters is 1. The Morgan fingerprint density at radius 1 is 0.870 bits per heavy atom. The number of carbonyl (C=O) groups is 1. The zero-order chi connectivity index (χ0) is 15.9. The fourth-order valence-electron chi connectivity index (χ4n) is 2.40. The van der Waals surface area contributed by atoms with Crippen molar-refractivity contribution in [1.29, 1.82) is 0 Å². The van der Waals surface area contributed by atoms with Gasteiger partial charge in [-0.3, -0.25) is 4.98 Å². The molecule has 0 aliphatic rings. The molecule has 1 heterocycles. The Morgan fingerprint density at radius 2 is 1.48 bits per heavy atom. The number of nitrogens with zero attached hydrogens (tertiary/aromatic N) is 1. The van der Waals surface area contributed by atoms with E-state index < -0.39 is 0 Å². The lowest BCUT2D eigenvalue weighted by molar-refractivity contribution is 0.0297. The average Bonchev–Trinajstić information content (AvgIpc) is 2.63. The maximum atomic E-state index is 12.4. The standard InChI is InChI=1S/C20H17NO2/c22-20(18-9-5-2-6-10-18)23-19(17-7-3-1-4-8-17)15-16-11-13-21-14-12-16/h1-14,19H,15H2. The first-order valence-corrected chi connectivity index (χ1v) is 7.53. The van der Waals surface area contributed by atoms with E-state index in [9.17, 15) is 4.79 Å². The van der Waals surface area contributed by atoms with Crippen LogP contribution in [0.5, 0.6) is 0 Å². The molecule has 2 aromatic carbocycles. The smallest absolute Gasteiger partial charge is 0.338 e. The van der Waals surface area contributed by atoms with E-state index in [-0.39, 0.29) is 12.1 Å². The largest absolute Gasteiger partial charge is 0.454 e. The van der Waals surface area contributed by atoms with Crippen LogP contribution in [-0.2, 0) is 11.2 Å². The van der Waals surface area contributed by atoms with E-state index in [1.165, 1.54) is 0 Å². The van der Waals surface area contributed by atoms with Gasteiger partial charge >= 0.3 is 5.97 Å². The average molecular weight is 303 g/mol. The second-order valence-corrected chi connectivity index (χ2v) is 5.23. The summed E-state index contributed by atoms with van der Waals surface area (Å²) < 4.78 is 5.77. The van der Waals surface area contributed by atoms with Crippen molar-refractivity contribution in [2.45, 2.75) is 12.5 Å². The molecule has 0 amide bonds. The molecule has 0 aliphatic carbocycles. The Labute approximate surface area is 135 Å². The zero-order valence-corrected chi connectivity index (χ0v) is 12.6. The third-order valence-corrected chi connectivity index (χ3v) is 3.60. The molecule has 3 heteroatoms. The van der Waals surface area contributed by atoms with Gasteiger partial charge in [0.05, 0.1) is 5.56 Å². The molecule has 0 saturated heterocycles. The molecule has 0 bridgehead atoms. The molecule has 1 aromatic heterocycles. The van der Waals surface area contributed by atoms with Gasteiger partial charge < -0.3 is 4.74 Å². The summed E-state index contributed by atoms with van der Waals surface area (Å²) in [7, 11) is 0. The van der Waals surface area contributed by atoms with E-state index in [4.69, 9.17) is 4.74 Å². The van der Waals surface area contributed by atoms with Crippen LogP contribution in [0.25, 0.3) is 0 Å². The van der Waals surface area contributed by atoms with Gasteiger partial charge in [0.2, 0.25) is 0 Å². The lowest BCUT2D eigenvalue weighted by Gasteiger charge is -2.18. The third-order valence-electron chi connectivity index (χ3n) is 3.60. The summed E-state index contributed by atoms with van der Waals surface area (Å²) in [5.74, 6) is -0.312. The monoisotopic (exact) mass is 303 g/mol. The fraction of sp³-hybridized carbons (Fsp3) is 0.100. The molecule has 1 unspecified atom stereocenters. The minimum atomic E-state index is -0.327. The predicted molar refractivity (Wildman–Crippen MR) is 89.0 cm³/mol. The SMILES string of the molecule is O=C(OC(Cc1ccncc1)c1ccccc1)c1ccccc1. The Morgan fingerprint density at radius 3 is 2.13 bits per heavy atom. The van der Waals surface area contributed by atoms with E-state index in [1.54, 1.807) is 24.5 Å². The molecular formula is C20H17NO2. The minimum Gasteiger partial charge on any atom is -0.454 e. The first-order valence-electron chi connectivity index (χ1n) is 7.53. The Balaban J connectivity index is 1.82. The zero-order valence-electron chi connectivity index (χ0n) is 12.6. The van der Waals surface area contributed by atoms with Crippen molar-refractivity contribution in [2.75, 3.05) is 0 Å². The molecule has 3 aromatic rings. The quantitative estimate of drug-likeness (QED) is 0.662. The molecular weight excluding hydrogens is 286 g/mol. The summed E-state index contributed by atoms with van der Waals surface area (Å²) in [5, 5.41) is 0. The molecule has 0 fully saturated rings. The molecule has 3 rings (SSSR count). The number of ether oxygens (including phenoxy) is 1. The Hall–Kier alpha value is -2.94. The number of benzene rings is 2. The van der Waals surface area contributed by atoms with Crippen molar-refractivity contribution in [3.8, 4) is 0 Å². The van der Waals surface area contributed by atoms with Gasteiger partial charge in [-0.05, 0) is 35.4 Å². The van der Waals surface area contributed by atoms with Gasteiger partial charge in [0.25, 0.3) is 0 Å². The van der Waals surface area contributed by atoms with Gasteiger partial charge in [0.1, 0.15) is 6.10 Å². The van der Waals surface area contributed by atoms with E-state index in [1.807, 2.05) is 60.7 Å². The first-order chi connectivity index (χ1) is 11.3. The summed E-state index contributed by atoms with van der Waals surface area (Å²) in [6, 6.07) is 22.7. The lowest BCUT2D eigenvalue weighted by atomic mass is 10.0. The molecule has 0 N–H and O–H groups in total. The molecule has 3 nitrogen and oxygen atoms in total. The second-order valence-electron chi connectivity index (χ2n) is 5.23. The number of hydrogen-bond acceptors (Lipinski definition) is 3. The normalized spacial score (nSPS) is 11.7. The van der Waals surface area contributed by atoms with Crippen molar-refractivity contribution in [3.05, 3.63) is 102 Å². The first kappa shape index (κ1) is 15.0. The molecule has 23 heavy (non-hydrogen) atoms. The van der Waals surface area contributed by atoms with Crippen LogP contribution in [0.2, 0.25) is 0 Å². The molecule has 0 saturated carbocycles. The summed E-state index contributed by atoms with van der Waals surface area (Å²) in [6.07, 6.45) is 3.78. The fourth-order valence-corrected chi connectivity index (χ4v) is 2.40. The van der Waals surface area contributed by atoms with Crippen molar-refractivity contribution in [3.63, 3.8) is 0 Å². The number of aromatic nitrogens is 1. The van der Waals surface area contributed by atoms with E-state index >= 15 is 0 Å². The van der Waals surface area contributed by atoms with Crippen LogP contribution in [-0.4, -0.2) is 11.0 Å². The van der Waals surface area contributed by atoms with E-state index in [0.29, 0.717) is 12.0 Å². The van der Waals surface area contributed by atoms with Crippen LogP contribution in [0, 0.1) is 0 Å². The van der Waals surface area contributed by atoms with Crippen LogP contribution in [0.3, 0.4) is 0 Å². The van der Waals surface area contributed by atoms with Gasteiger partial charge in [0, 0.05) is 18.8 Å². The van der Waals surface area contributed by atoms with Gasteiger partial charge in [-0.1, -0.05) is 48.5 Å². The van der Waals surface area contributed by atoms with Gasteiger partial charge in [-0.25, -0.2) is 4.79 Å². The summed E-state index contributed by atoms with van der Waals surface area (Å²) in [4.78, 5) is 16.4. The van der Waals surface area contributed by atoms with Crippen LogP contribution in [0.4, 0.5) is 0 Å². The van der Waals surface area contributed by atoms with E-state index in [2.05, 4.69) is 4.98 Å². The van der Waals surface area contributed by atoms with E-state index in [0.717, 1.165) is 11.1 Å². The number of carbonyl (C=O) groups excluding carboxylic acids is 1. The van der Waals surface area contributed by atoms with Gasteiger partial charge in [-0.15, -0.1) is 0 Å². The maximum absolute atomic E-state index is 12.4. The molecule has 1 atom stereocenters. The van der Waals surface area contributed by atoms with Gasteiger partial charge in [0.15, 0.2) is 0 Å². The van der Waals surface area contributed by atoms with Crippen molar-refractivity contribution < 1.29 is 9.53 Å². The highest BCUT2D eigenvalue weighted by molar-refractivity contribution is 5.89. The van der Waals surface area contributed by atoms with Crippen molar-refractivity contribution in [1.82, 2.24) is 4.98 Å². The topological polar surface area (TPSA) is 39.2 Å². The number of hydrogen-bond donors (Lipinski definition) is 0. The summed E-state index contributed by atoms with van der Waals surface area (Å²) >= 11 is 0. The Kier molecular flexibility index (Phi) is 4.79. The second kappa shape index (κ2) is 7.36. The highest BCUT2D eigenvalue weighted by Gasteiger charge is 2.18. The van der Waals surface area contributed by atoms with Gasteiger partial charge in [-0.2, -0.15) is 0 Å². The van der Waals surface area contributed by atoms with Crippen molar-refractivity contribution >= 4 is 5.97 Å². The summed E-state index contributed by atoms with van der Waals surface area (Å²) in [5.41, 5.74) is 2.62.